The minimum Gasteiger partial charge on any atom is -0.463 e. The standard InChI is InChI=1S/C16H25ClO4/c1-2-15(18)21-12-6-4-3-5-11-20-14-9-7-13(8-10-14)16(17)19/h2,13-14H,1,3-12H2. The van der Waals surface area contributed by atoms with Crippen molar-refractivity contribution >= 4 is 22.8 Å². The lowest BCUT2D eigenvalue weighted by atomic mass is 9.88. The maximum atomic E-state index is 11.0. The Balaban J connectivity index is 1.90. The van der Waals surface area contributed by atoms with Gasteiger partial charge in [0.15, 0.2) is 0 Å². The smallest absolute Gasteiger partial charge is 0.330 e. The highest BCUT2D eigenvalue weighted by Gasteiger charge is 2.25. The molecule has 0 aromatic carbocycles. The number of hydrogen-bond donors (Lipinski definition) is 0. The van der Waals surface area contributed by atoms with E-state index in [2.05, 4.69) is 6.58 Å². The minimum atomic E-state index is -0.357. The van der Waals surface area contributed by atoms with Crippen LogP contribution in [0.5, 0.6) is 0 Å². The fourth-order valence-electron chi connectivity index (χ4n) is 2.50. The van der Waals surface area contributed by atoms with Crippen LogP contribution in [-0.2, 0) is 19.1 Å². The molecule has 0 bridgehead atoms. The first kappa shape index (κ1) is 18.2. The predicted molar refractivity (Wildman–Crippen MR) is 82.2 cm³/mol. The first-order valence-electron chi connectivity index (χ1n) is 7.73. The van der Waals surface area contributed by atoms with Gasteiger partial charge < -0.3 is 9.47 Å². The summed E-state index contributed by atoms with van der Waals surface area (Å²) < 4.78 is 10.7. The van der Waals surface area contributed by atoms with Crippen LogP contribution in [0, 0.1) is 5.92 Å². The van der Waals surface area contributed by atoms with Crippen LogP contribution in [0.25, 0.3) is 0 Å². The average molecular weight is 317 g/mol. The van der Waals surface area contributed by atoms with Gasteiger partial charge in [-0.25, -0.2) is 4.79 Å². The number of unbranched alkanes of at least 4 members (excludes halogenated alkanes) is 3. The van der Waals surface area contributed by atoms with Gasteiger partial charge in [-0.1, -0.05) is 13.0 Å². The Morgan fingerprint density at radius 3 is 2.24 bits per heavy atom. The van der Waals surface area contributed by atoms with E-state index < -0.39 is 0 Å². The van der Waals surface area contributed by atoms with E-state index in [1.165, 1.54) is 6.08 Å². The van der Waals surface area contributed by atoms with E-state index in [-0.39, 0.29) is 23.2 Å². The van der Waals surface area contributed by atoms with E-state index in [4.69, 9.17) is 21.1 Å². The number of halogens is 1. The quantitative estimate of drug-likeness (QED) is 0.267. The van der Waals surface area contributed by atoms with Gasteiger partial charge in [0.2, 0.25) is 5.24 Å². The van der Waals surface area contributed by atoms with Crippen molar-refractivity contribution in [1.29, 1.82) is 0 Å². The fraction of sp³-hybridized carbons (Fsp3) is 0.750. The Labute approximate surface area is 131 Å². The predicted octanol–water partition coefficient (Wildman–Crippen LogP) is 3.62. The molecule has 0 aliphatic heterocycles. The van der Waals surface area contributed by atoms with Gasteiger partial charge in [0.1, 0.15) is 0 Å². The molecule has 0 aromatic heterocycles. The van der Waals surface area contributed by atoms with Crippen molar-refractivity contribution in [3.8, 4) is 0 Å². The molecule has 1 fully saturated rings. The van der Waals surface area contributed by atoms with Crippen molar-refractivity contribution in [2.24, 2.45) is 5.92 Å². The number of carbonyl (C=O) groups excluding carboxylic acids is 2. The summed E-state index contributed by atoms with van der Waals surface area (Å²) in [6.45, 7) is 4.56. The highest BCUT2D eigenvalue weighted by Crippen LogP contribution is 2.27. The lowest BCUT2D eigenvalue weighted by molar-refractivity contribution is -0.137. The Bertz CT molecular complexity index is 335. The number of ether oxygens (including phenoxy) is 2. The van der Waals surface area contributed by atoms with Crippen molar-refractivity contribution in [2.45, 2.75) is 57.5 Å². The number of hydrogen-bond acceptors (Lipinski definition) is 4. The molecule has 1 aliphatic carbocycles. The molecule has 0 aromatic rings. The summed E-state index contributed by atoms with van der Waals surface area (Å²) in [6, 6.07) is 0. The Hall–Kier alpha value is -0.870. The van der Waals surface area contributed by atoms with Crippen LogP contribution in [0.3, 0.4) is 0 Å². The summed E-state index contributed by atoms with van der Waals surface area (Å²) in [7, 11) is 0. The second kappa shape index (κ2) is 10.8. The molecule has 5 heteroatoms. The van der Waals surface area contributed by atoms with Gasteiger partial charge in [-0.15, -0.1) is 0 Å². The molecule has 4 nitrogen and oxygen atoms in total. The second-order valence-corrected chi connectivity index (χ2v) is 5.81. The van der Waals surface area contributed by atoms with Crippen LogP contribution in [0.4, 0.5) is 0 Å². The molecule has 0 heterocycles. The Morgan fingerprint density at radius 1 is 1.05 bits per heavy atom. The number of esters is 1. The van der Waals surface area contributed by atoms with Crippen LogP contribution in [-0.4, -0.2) is 30.5 Å². The molecule has 1 aliphatic rings. The third-order valence-corrected chi connectivity index (χ3v) is 4.11. The molecule has 1 saturated carbocycles. The SMILES string of the molecule is C=CC(=O)OCCCCCCOC1CCC(C(=O)Cl)CC1. The highest BCUT2D eigenvalue weighted by atomic mass is 35.5. The van der Waals surface area contributed by atoms with Gasteiger partial charge in [-0.05, 0) is 56.5 Å². The molecule has 0 amide bonds. The number of carbonyl (C=O) groups is 2. The third kappa shape index (κ3) is 8.22. The summed E-state index contributed by atoms with van der Waals surface area (Å²) in [5.41, 5.74) is 0. The van der Waals surface area contributed by atoms with Gasteiger partial charge >= 0.3 is 5.97 Å². The molecule has 21 heavy (non-hydrogen) atoms. The summed E-state index contributed by atoms with van der Waals surface area (Å²) in [4.78, 5) is 21.8. The fourth-order valence-corrected chi connectivity index (χ4v) is 2.71. The van der Waals surface area contributed by atoms with Gasteiger partial charge in [0.25, 0.3) is 0 Å². The normalized spacial score (nSPS) is 21.8. The van der Waals surface area contributed by atoms with Crippen molar-refractivity contribution in [3.05, 3.63) is 12.7 Å². The molecule has 0 N–H and O–H groups in total. The highest BCUT2D eigenvalue weighted by molar-refractivity contribution is 6.63. The van der Waals surface area contributed by atoms with Crippen LogP contribution in [0.1, 0.15) is 51.4 Å². The minimum absolute atomic E-state index is 0.0322. The van der Waals surface area contributed by atoms with E-state index in [0.29, 0.717) is 6.61 Å². The van der Waals surface area contributed by atoms with E-state index >= 15 is 0 Å². The van der Waals surface area contributed by atoms with Gasteiger partial charge in [-0.2, -0.15) is 0 Å². The van der Waals surface area contributed by atoms with E-state index in [9.17, 15) is 9.59 Å². The molecule has 1 rings (SSSR count). The zero-order chi connectivity index (χ0) is 15.5. The van der Waals surface area contributed by atoms with Crippen LogP contribution < -0.4 is 0 Å². The summed E-state index contributed by atoms with van der Waals surface area (Å²) in [5.74, 6) is -0.325. The molecule has 0 radical (unpaired) electrons. The zero-order valence-corrected chi connectivity index (χ0v) is 13.3. The first-order valence-corrected chi connectivity index (χ1v) is 8.11. The summed E-state index contributed by atoms with van der Waals surface area (Å²) >= 11 is 5.50. The van der Waals surface area contributed by atoms with Crippen molar-refractivity contribution in [3.63, 3.8) is 0 Å². The van der Waals surface area contributed by atoms with Gasteiger partial charge in [0.05, 0.1) is 12.7 Å². The van der Waals surface area contributed by atoms with Crippen molar-refractivity contribution < 1.29 is 19.1 Å². The first-order chi connectivity index (χ1) is 10.1. The average Bonchev–Trinajstić information content (AvgIpc) is 2.50. The molecule has 0 unspecified atom stereocenters. The monoisotopic (exact) mass is 316 g/mol. The molecular weight excluding hydrogens is 292 g/mol. The van der Waals surface area contributed by atoms with E-state index in [0.717, 1.165) is 58.0 Å². The van der Waals surface area contributed by atoms with Gasteiger partial charge in [0, 0.05) is 18.6 Å². The molecule has 120 valence electrons. The Kier molecular flexibility index (Phi) is 9.35. The van der Waals surface area contributed by atoms with E-state index in [1.807, 2.05) is 0 Å². The van der Waals surface area contributed by atoms with Crippen LogP contribution in [0.2, 0.25) is 0 Å². The number of rotatable bonds is 10. The van der Waals surface area contributed by atoms with Gasteiger partial charge in [-0.3, -0.25) is 4.79 Å². The lowest BCUT2D eigenvalue weighted by Crippen LogP contribution is -2.24. The maximum Gasteiger partial charge on any atom is 0.330 e. The molecular formula is C16H25ClO4. The van der Waals surface area contributed by atoms with Crippen molar-refractivity contribution in [2.75, 3.05) is 13.2 Å². The topological polar surface area (TPSA) is 52.6 Å². The molecule has 0 saturated heterocycles. The van der Waals surface area contributed by atoms with Crippen molar-refractivity contribution in [1.82, 2.24) is 0 Å². The van der Waals surface area contributed by atoms with E-state index in [1.54, 1.807) is 0 Å². The summed E-state index contributed by atoms with van der Waals surface area (Å²) in [6.07, 6.45) is 9.02. The molecule has 0 atom stereocenters. The van der Waals surface area contributed by atoms with Crippen LogP contribution in [0.15, 0.2) is 12.7 Å². The second-order valence-electron chi connectivity index (χ2n) is 5.43. The zero-order valence-electron chi connectivity index (χ0n) is 12.5. The third-order valence-electron chi connectivity index (χ3n) is 3.80. The largest absolute Gasteiger partial charge is 0.463 e. The maximum absolute atomic E-state index is 11.0. The Morgan fingerprint density at radius 2 is 1.67 bits per heavy atom. The molecule has 0 spiro atoms. The lowest BCUT2D eigenvalue weighted by Gasteiger charge is -2.26. The summed E-state index contributed by atoms with van der Waals surface area (Å²) in [5, 5.41) is -0.203. The van der Waals surface area contributed by atoms with Crippen LogP contribution >= 0.6 is 11.6 Å².